The molecular formula is C14H23F3N2O. The smallest absolute Gasteiger partial charge is 0.353 e. The molecule has 0 aromatic carbocycles. The van der Waals surface area contributed by atoms with Gasteiger partial charge in [-0.25, -0.2) is 0 Å². The Labute approximate surface area is 117 Å². The van der Waals surface area contributed by atoms with Gasteiger partial charge >= 0.3 is 6.18 Å². The molecule has 1 amide bonds. The second-order valence-electron chi connectivity index (χ2n) is 6.19. The van der Waals surface area contributed by atoms with Crippen molar-refractivity contribution in [2.24, 2.45) is 11.8 Å². The number of carbonyl (C=O) groups excluding carboxylic acids is 1. The number of amides is 1. The van der Waals surface area contributed by atoms with Gasteiger partial charge in [-0.15, -0.1) is 0 Å². The molecule has 6 heteroatoms. The van der Waals surface area contributed by atoms with E-state index in [1.54, 1.807) is 0 Å². The van der Waals surface area contributed by atoms with Crippen molar-refractivity contribution < 1.29 is 18.0 Å². The van der Waals surface area contributed by atoms with Crippen LogP contribution in [-0.2, 0) is 4.79 Å². The molecule has 20 heavy (non-hydrogen) atoms. The van der Waals surface area contributed by atoms with E-state index in [0.29, 0.717) is 18.9 Å². The molecule has 0 aromatic rings. The quantitative estimate of drug-likeness (QED) is 0.821. The number of halogens is 3. The first kappa shape index (κ1) is 15.6. The summed E-state index contributed by atoms with van der Waals surface area (Å²) in [6.07, 6.45) is -1.27. The van der Waals surface area contributed by atoms with Crippen LogP contribution in [0.15, 0.2) is 0 Å². The molecule has 0 radical (unpaired) electrons. The lowest BCUT2D eigenvalue weighted by Crippen LogP contribution is -2.48. The van der Waals surface area contributed by atoms with Gasteiger partial charge < -0.3 is 10.6 Å². The normalized spacial score (nSPS) is 35.6. The van der Waals surface area contributed by atoms with Gasteiger partial charge in [0.05, 0.1) is 5.92 Å². The minimum Gasteiger partial charge on any atom is -0.353 e. The molecule has 2 aliphatic rings. The van der Waals surface area contributed by atoms with Gasteiger partial charge in [-0.2, -0.15) is 13.2 Å². The molecule has 2 N–H and O–H groups in total. The number of hydrogen-bond donors (Lipinski definition) is 2. The molecule has 1 aliphatic heterocycles. The second-order valence-corrected chi connectivity index (χ2v) is 6.19. The number of alkyl halides is 3. The lowest BCUT2D eigenvalue weighted by Gasteiger charge is -2.33. The van der Waals surface area contributed by atoms with Crippen molar-refractivity contribution >= 4 is 5.91 Å². The molecule has 2 fully saturated rings. The maximum absolute atomic E-state index is 12.7. The summed E-state index contributed by atoms with van der Waals surface area (Å²) < 4.78 is 38.2. The molecule has 2 rings (SSSR count). The first-order chi connectivity index (χ1) is 9.36. The van der Waals surface area contributed by atoms with Crippen molar-refractivity contribution in [3.63, 3.8) is 0 Å². The van der Waals surface area contributed by atoms with Crippen LogP contribution in [0.3, 0.4) is 0 Å². The van der Waals surface area contributed by atoms with Gasteiger partial charge in [-0.1, -0.05) is 6.42 Å². The van der Waals surface area contributed by atoms with Crippen LogP contribution in [0.1, 0.15) is 45.4 Å². The van der Waals surface area contributed by atoms with Crippen molar-refractivity contribution in [1.82, 2.24) is 10.6 Å². The third-order valence-electron chi connectivity index (χ3n) is 4.48. The molecule has 0 bridgehead atoms. The summed E-state index contributed by atoms with van der Waals surface area (Å²) in [6, 6.07) is 0.452. The van der Waals surface area contributed by atoms with Crippen LogP contribution >= 0.6 is 0 Å². The van der Waals surface area contributed by atoms with Crippen molar-refractivity contribution in [2.75, 3.05) is 6.54 Å². The van der Waals surface area contributed by atoms with Gasteiger partial charge in [0.15, 0.2) is 0 Å². The Morgan fingerprint density at radius 3 is 2.60 bits per heavy atom. The standard InChI is InChI=1S/C14H23F3N2O/c1-9-7-12(5-6-18-9)19-13(20)10-3-2-4-11(8-10)14(15,16)17/h9-12,18H,2-8H2,1H3,(H,19,20). The number of hydrogen-bond acceptors (Lipinski definition) is 2. The second kappa shape index (κ2) is 6.33. The largest absolute Gasteiger partial charge is 0.391 e. The van der Waals surface area contributed by atoms with Gasteiger partial charge in [0.2, 0.25) is 5.91 Å². The van der Waals surface area contributed by atoms with E-state index in [1.165, 1.54) is 0 Å². The van der Waals surface area contributed by atoms with E-state index in [-0.39, 0.29) is 24.8 Å². The van der Waals surface area contributed by atoms with Gasteiger partial charge in [0.25, 0.3) is 0 Å². The fourth-order valence-corrected chi connectivity index (χ4v) is 3.31. The topological polar surface area (TPSA) is 41.1 Å². The molecule has 1 saturated heterocycles. The van der Waals surface area contributed by atoms with Crippen LogP contribution in [0.4, 0.5) is 13.2 Å². The Morgan fingerprint density at radius 2 is 1.95 bits per heavy atom. The molecule has 1 saturated carbocycles. The summed E-state index contributed by atoms with van der Waals surface area (Å²) in [4.78, 5) is 12.1. The molecular weight excluding hydrogens is 269 g/mol. The number of piperidine rings is 1. The summed E-state index contributed by atoms with van der Waals surface area (Å²) in [5.41, 5.74) is 0. The molecule has 4 atom stereocenters. The number of rotatable bonds is 2. The maximum Gasteiger partial charge on any atom is 0.391 e. The van der Waals surface area contributed by atoms with Crippen molar-refractivity contribution in [3.05, 3.63) is 0 Å². The highest BCUT2D eigenvalue weighted by atomic mass is 19.4. The Hall–Kier alpha value is -0.780. The fraction of sp³-hybridized carbons (Fsp3) is 0.929. The monoisotopic (exact) mass is 292 g/mol. The first-order valence-electron chi connectivity index (χ1n) is 7.46. The van der Waals surface area contributed by atoms with E-state index in [1.807, 2.05) is 0 Å². The highest BCUT2D eigenvalue weighted by molar-refractivity contribution is 5.79. The maximum atomic E-state index is 12.7. The van der Waals surface area contributed by atoms with Gasteiger partial charge in [-0.3, -0.25) is 4.79 Å². The zero-order valence-electron chi connectivity index (χ0n) is 11.8. The zero-order valence-corrected chi connectivity index (χ0v) is 11.8. The Morgan fingerprint density at radius 1 is 1.20 bits per heavy atom. The average Bonchev–Trinajstić information content (AvgIpc) is 2.38. The van der Waals surface area contributed by atoms with Gasteiger partial charge in [0, 0.05) is 18.0 Å². The minimum atomic E-state index is -4.16. The third-order valence-corrected chi connectivity index (χ3v) is 4.48. The highest BCUT2D eigenvalue weighted by Crippen LogP contribution is 2.40. The highest BCUT2D eigenvalue weighted by Gasteiger charge is 2.43. The molecule has 3 nitrogen and oxygen atoms in total. The zero-order chi connectivity index (χ0) is 14.8. The summed E-state index contributed by atoms with van der Waals surface area (Å²) in [6.45, 7) is 2.90. The lowest BCUT2D eigenvalue weighted by molar-refractivity contribution is -0.186. The van der Waals surface area contributed by atoms with E-state index >= 15 is 0 Å². The Balaban J connectivity index is 1.85. The van der Waals surface area contributed by atoms with E-state index in [2.05, 4.69) is 17.6 Å². The van der Waals surface area contributed by atoms with Crippen LogP contribution in [0.2, 0.25) is 0 Å². The molecule has 4 unspecified atom stereocenters. The molecule has 0 spiro atoms. The van der Waals surface area contributed by atoms with Crippen molar-refractivity contribution in [3.8, 4) is 0 Å². The predicted molar refractivity (Wildman–Crippen MR) is 70.1 cm³/mol. The van der Waals surface area contributed by atoms with E-state index in [0.717, 1.165) is 19.4 Å². The average molecular weight is 292 g/mol. The van der Waals surface area contributed by atoms with Crippen molar-refractivity contribution in [1.29, 1.82) is 0 Å². The Kier molecular flexibility index (Phi) is 4.94. The molecule has 0 aromatic heterocycles. The number of nitrogens with one attached hydrogen (secondary N) is 2. The first-order valence-corrected chi connectivity index (χ1v) is 7.46. The molecule has 1 heterocycles. The minimum absolute atomic E-state index is 0.0458. The predicted octanol–water partition coefficient (Wildman–Crippen LogP) is 2.61. The van der Waals surface area contributed by atoms with E-state index in [4.69, 9.17) is 0 Å². The molecule has 116 valence electrons. The Bertz CT molecular complexity index is 346. The van der Waals surface area contributed by atoms with E-state index in [9.17, 15) is 18.0 Å². The van der Waals surface area contributed by atoms with Crippen LogP contribution in [0.5, 0.6) is 0 Å². The van der Waals surface area contributed by atoms with Crippen LogP contribution in [0, 0.1) is 11.8 Å². The van der Waals surface area contributed by atoms with Crippen molar-refractivity contribution in [2.45, 2.75) is 63.7 Å². The number of carbonyl (C=O) groups is 1. The summed E-state index contributed by atoms with van der Waals surface area (Å²) >= 11 is 0. The van der Waals surface area contributed by atoms with Crippen LogP contribution in [-0.4, -0.2) is 30.7 Å². The summed E-state index contributed by atoms with van der Waals surface area (Å²) in [7, 11) is 0. The van der Waals surface area contributed by atoms with E-state index < -0.39 is 18.0 Å². The van der Waals surface area contributed by atoms with Crippen LogP contribution in [0.25, 0.3) is 0 Å². The lowest BCUT2D eigenvalue weighted by atomic mass is 9.80. The fourth-order valence-electron chi connectivity index (χ4n) is 3.31. The van der Waals surface area contributed by atoms with Crippen LogP contribution < -0.4 is 10.6 Å². The third kappa shape index (κ3) is 4.11. The molecule has 1 aliphatic carbocycles. The summed E-state index contributed by atoms with van der Waals surface area (Å²) in [5.74, 6) is -1.96. The SMILES string of the molecule is CC1CC(NC(=O)C2CCCC(C(F)(F)F)C2)CCN1. The summed E-state index contributed by atoms with van der Waals surface area (Å²) in [5, 5.41) is 6.24. The van der Waals surface area contributed by atoms with Gasteiger partial charge in [-0.05, 0) is 45.6 Å². The van der Waals surface area contributed by atoms with Gasteiger partial charge in [0.1, 0.15) is 0 Å².